The first-order chi connectivity index (χ1) is 8.31. The summed E-state index contributed by atoms with van der Waals surface area (Å²) in [5.41, 5.74) is 1.24. The Bertz CT molecular complexity index is 333. The molecule has 0 aromatic carbocycles. The minimum atomic E-state index is 0.457. The summed E-state index contributed by atoms with van der Waals surface area (Å²) >= 11 is 0. The first-order valence-electron chi connectivity index (χ1n) is 6.26. The van der Waals surface area contributed by atoms with Crippen molar-refractivity contribution in [1.29, 1.82) is 0 Å². The van der Waals surface area contributed by atoms with E-state index in [1.165, 1.54) is 5.69 Å². The van der Waals surface area contributed by atoms with Crippen LogP contribution in [0.3, 0.4) is 0 Å². The van der Waals surface area contributed by atoms with Crippen LogP contribution in [0.4, 0.5) is 0 Å². The summed E-state index contributed by atoms with van der Waals surface area (Å²) in [5, 5.41) is 3.17. The molecule has 0 saturated carbocycles. The van der Waals surface area contributed by atoms with Crippen molar-refractivity contribution in [2.75, 3.05) is 39.9 Å². The lowest BCUT2D eigenvalue weighted by Crippen LogP contribution is -2.39. The first kappa shape index (κ1) is 12.5. The van der Waals surface area contributed by atoms with Crippen LogP contribution in [0.1, 0.15) is 18.7 Å². The summed E-state index contributed by atoms with van der Waals surface area (Å²) in [6.07, 6.45) is 3.87. The topological polar surface area (TPSA) is 42.3 Å². The quantitative estimate of drug-likeness (QED) is 0.811. The minimum absolute atomic E-state index is 0.457. The molecule has 0 radical (unpaired) electrons. The van der Waals surface area contributed by atoms with Crippen molar-refractivity contribution in [3.63, 3.8) is 0 Å². The van der Waals surface area contributed by atoms with Crippen molar-refractivity contribution in [3.8, 4) is 0 Å². The van der Waals surface area contributed by atoms with Crippen molar-refractivity contribution >= 4 is 0 Å². The van der Waals surface area contributed by atoms with E-state index < -0.39 is 0 Å². The Hall–Kier alpha value is -0.910. The monoisotopic (exact) mass is 238 g/mol. The maximum absolute atomic E-state index is 5.36. The maximum Gasteiger partial charge on any atom is 0.0951 e. The highest BCUT2D eigenvalue weighted by Gasteiger charge is 2.16. The highest BCUT2D eigenvalue weighted by atomic mass is 16.5. The molecule has 5 nitrogen and oxygen atoms in total. The third-order valence-corrected chi connectivity index (χ3v) is 3.21. The molecule has 0 spiro atoms. The summed E-state index contributed by atoms with van der Waals surface area (Å²) in [6.45, 7) is 7.99. The molecule has 1 N–H and O–H groups in total. The van der Waals surface area contributed by atoms with Crippen LogP contribution < -0.4 is 5.32 Å². The van der Waals surface area contributed by atoms with Gasteiger partial charge in [-0.25, -0.2) is 4.98 Å². The number of imidazole rings is 1. The van der Waals surface area contributed by atoms with Crippen molar-refractivity contribution in [2.24, 2.45) is 0 Å². The standard InChI is InChI=1S/C12H22N4O/c1-11(9-15-3-5-17-6-4-15)16-10-14-8-12(16)7-13-2/h8,10-11,13H,3-7,9H2,1-2H3. The Morgan fingerprint density at radius 2 is 2.24 bits per heavy atom. The summed E-state index contributed by atoms with van der Waals surface area (Å²) in [4.78, 5) is 6.69. The van der Waals surface area contributed by atoms with Gasteiger partial charge in [-0.05, 0) is 14.0 Å². The zero-order chi connectivity index (χ0) is 12.1. The Kier molecular flexibility index (Phi) is 4.53. The van der Waals surface area contributed by atoms with Gasteiger partial charge in [0.05, 0.1) is 25.2 Å². The van der Waals surface area contributed by atoms with Crippen molar-refractivity contribution in [3.05, 3.63) is 18.2 Å². The molecule has 2 heterocycles. The molecule has 2 rings (SSSR count). The van der Waals surface area contributed by atoms with E-state index in [1.807, 2.05) is 19.6 Å². The molecule has 1 aromatic rings. The maximum atomic E-state index is 5.36. The van der Waals surface area contributed by atoms with Crippen LogP contribution in [0.25, 0.3) is 0 Å². The van der Waals surface area contributed by atoms with Crippen LogP contribution >= 0.6 is 0 Å². The van der Waals surface area contributed by atoms with Gasteiger partial charge >= 0.3 is 0 Å². The van der Waals surface area contributed by atoms with E-state index in [4.69, 9.17) is 4.74 Å². The third kappa shape index (κ3) is 3.28. The van der Waals surface area contributed by atoms with Crippen molar-refractivity contribution < 1.29 is 4.74 Å². The number of rotatable bonds is 5. The summed E-state index contributed by atoms with van der Waals surface area (Å²) in [7, 11) is 1.96. The second-order valence-electron chi connectivity index (χ2n) is 4.58. The van der Waals surface area contributed by atoms with Gasteiger partial charge < -0.3 is 14.6 Å². The molecule has 17 heavy (non-hydrogen) atoms. The molecule has 1 aromatic heterocycles. The largest absolute Gasteiger partial charge is 0.379 e. The number of nitrogens with zero attached hydrogens (tertiary/aromatic N) is 3. The lowest BCUT2D eigenvalue weighted by Gasteiger charge is -2.30. The Balaban J connectivity index is 1.93. The van der Waals surface area contributed by atoms with E-state index in [0.717, 1.165) is 39.4 Å². The van der Waals surface area contributed by atoms with E-state index in [1.54, 1.807) is 0 Å². The van der Waals surface area contributed by atoms with Gasteiger partial charge in [-0.1, -0.05) is 0 Å². The highest BCUT2D eigenvalue weighted by Crippen LogP contribution is 2.12. The molecule has 0 aliphatic carbocycles. The molecule has 96 valence electrons. The molecule has 1 aliphatic heterocycles. The van der Waals surface area contributed by atoms with E-state index >= 15 is 0 Å². The molecule has 0 amide bonds. The number of aromatic nitrogens is 2. The molecule has 1 fully saturated rings. The number of hydrogen-bond donors (Lipinski definition) is 1. The summed E-state index contributed by atoms with van der Waals surface area (Å²) in [5.74, 6) is 0. The summed E-state index contributed by atoms with van der Waals surface area (Å²) in [6, 6.07) is 0.457. The van der Waals surface area contributed by atoms with Crippen molar-refractivity contribution in [1.82, 2.24) is 19.8 Å². The molecule has 1 saturated heterocycles. The predicted octanol–water partition coefficient (Wildman–Crippen LogP) is 0.496. The van der Waals surface area contributed by atoms with Gasteiger partial charge in [0, 0.05) is 38.4 Å². The van der Waals surface area contributed by atoms with Gasteiger partial charge in [0.25, 0.3) is 0 Å². The molecular formula is C12H22N4O. The van der Waals surface area contributed by atoms with Gasteiger partial charge in [0.15, 0.2) is 0 Å². The third-order valence-electron chi connectivity index (χ3n) is 3.21. The van der Waals surface area contributed by atoms with Crippen molar-refractivity contribution in [2.45, 2.75) is 19.5 Å². The zero-order valence-electron chi connectivity index (χ0n) is 10.7. The Labute approximate surface area is 103 Å². The number of hydrogen-bond acceptors (Lipinski definition) is 4. The van der Waals surface area contributed by atoms with Crippen LogP contribution in [0, 0.1) is 0 Å². The van der Waals surface area contributed by atoms with Crippen LogP contribution in [-0.4, -0.2) is 54.3 Å². The van der Waals surface area contributed by atoms with Crippen LogP contribution in [0.15, 0.2) is 12.5 Å². The second kappa shape index (κ2) is 6.14. The lowest BCUT2D eigenvalue weighted by molar-refractivity contribution is 0.0324. The van der Waals surface area contributed by atoms with E-state index in [-0.39, 0.29) is 0 Å². The SMILES string of the molecule is CNCc1cncn1C(C)CN1CCOCC1. The zero-order valence-corrected chi connectivity index (χ0v) is 10.7. The smallest absolute Gasteiger partial charge is 0.0951 e. The van der Waals surface area contributed by atoms with Gasteiger partial charge in [0.1, 0.15) is 0 Å². The fraction of sp³-hybridized carbons (Fsp3) is 0.750. The number of nitrogens with one attached hydrogen (secondary N) is 1. The number of morpholine rings is 1. The van der Waals surface area contributed by atoms with Crippen LogP contribution in [0.2, 0.25) is 0 Å². The first-order valence-corrected chi connectivity index (χ1v) is 6.26. The lowest BCUT2D eigenvalue weighted by atomic mass is 10.2. The fourth-order valence-corrected chi connectivity index (χ4v) is 2.29. The van der Waals surface area contributed by atoms with E-state index in [9.17, 15) is 0 Å². The average molecular weight is 238 g/mol. The summed E-state index contributed by atoms with van der Waals surface area (Å²) < 4.78 is 7.62. The molecular weight excluding hydrogens is 216 g/mol. The predicted molar refractivity (Wildman–Crippen MR) is 67.0 cm³/mol. The Morgan fingerprint density at radius 1 is 1.47 bits per heavy atom. The molecule has 1 unspecified atom stereocenters. The van der Waals surface area contributed by atoms with Crippen LogP contribution in [0.5, 0.6) is 0 Å². The van der Waals surface area contributed by atoms with Gasteiger partial charge in [-0.15, -0.1) is 0 Å². The van der Waals surface area contributed by atoms with Gasteiger partial charge in [-0.2, -0.15) is 0 Å². The van der Waals surface area contributed by atoms with E-state index in [0.29, 0.717) is 6.04 Å². The van der Waals surface area contributed by atoms with Gasteiger partial charge in [-0.3, -0.25) is 4.90 Å². The molecule has 1 aliphatic rings. The number of ether oxygens (including phenoxy) is 1. The average Bonchev–Trinajstić information content (AvgIpc) is 2.79. The van der Waals surface area contributed by atoms with E-state index in [2.05, 4.69) is 26.7 Å². The van der Waals surface area contributed by atoms with Crippen LogP contribution in [-0.2, 0) is 11.3 Å². The second-order valence-corrected chi connectivity index (χ2v) is 4.58. The molecule has 0 bridgehead atoms. The normalized spacial score (nSPS) is 19.4. The highest BCUT2D eigenvalue weighted by molar-refractivity contribution is 5.00. The molecule has 5 heteroatoms. The Morgan fingerprint density at radius 3 is 2.94 bits per heavy atom. The van der Waals surface area contributed by atoms with Gasteiger partial charge in [0.2, 0.25) is 0 Å². The minimum Gasteiger partial charge on any atom is -0.379 e. The molecule has 1 atom stereocenters. The fourth-order valence-electron chi connectivity index (χ4n) is 2.29.